The first kappa shape index (κ1) is 38.2. The molecule has 3 amide bonds. The highest BCUT2D eigenvalue weighted by Crippen LogP contribution is 2.18. The van der Waals surface area contributed by atoms with Crippen LogP contribution in [0.3, 0.4) is 0 Å². The Morgan fingerprint density at radius 2 is 1.23 bits per heavy atom. The normalized spacial score (nSPS) is 12.2. The van der Waals surface area contributed by atoms with Crippen molar-refractivity contribution in [1.82, 2.24) is 20.4 Å². The van der Waals surface area contributed by atoms with E-state index < -0.39 is 18.1 Å². The highest BCUT2D eigenvalue weighted by atomic mass is 16.5. The molecule has 9 heteroatoms. The van der Waals surface area contributed by atoms with Crippen LogP contribution in [0.4, 0.5) is 0 Å². The van der Waals surface area contributed by atoms with Crippen LogP contribution in [0.2, 0.25) is 0 Å². The molecule has 0 aromatic heterocycles. The fraction of sp³-hybridized carbons (Fsp3) is 0.462. The lowest BCUT2D eigenvalue weighted by Gasteiger charge is -2.26. The number of nitrogens with one attached hydrogen (secondary N) is 2. The molecular weight excluding hydrogens is 604 g/mol. The number of hydrogen-bond donors (Lipinski definition) is 3. The van der Waals surface area contributed by atoms with Gasteiger partial charge < -0.3 is 30.3 Å². The van der Waals surface area contributed by atoms with Crippen LogP contribution < -0.4 is 15.4 Å². The van der Waals surface area contributed by atoms with Crippen molar-refractivity contribution in [2.75, 3.05) is 39.8 Å². The molecule has 0 bridgehead atoms. The summed E-state index contributed by atoms with van der Waals surface area (Å²) in [5, 5.41) is 17.7. The number of benzene rings is 3. The number of methoxy groups -OCH3 is 1. The topological polar surface area (TPSA) is 111 Å². The van der Waals surface area contributed by atoms with E-state index in [4.69, 9.17) is 4.74 Å². The second-order valence-corrected chi connectivity index (χ2v) is 12.2. The van der Waals surface area contributed by atoms with Crippen molar-refractivity contribution in [1.29, 1.82) is 0 Å². The van der Waals surface area contributed by atoms with Crippen LogP contribution in [0.5, 0.6) is 5.75 Å². The average molecular weight is 659 g/mol. The molecular formula is C39H54N4O5. The van der Waals surface area contributed by atoms with Gasteiger partial charge in [0.2, 0.25) is 0 Å². The minimum Gasteiger partial charge on any atom is -0.497 e. The van der Waals surface area contributed by atoms with Gasteiger partial charge in [-0.3, -0.25) is 14.4 Å². The third-order valence-corrected chi connectivity index (χ3v) is 8.13. The Hall–Kier alpha value is -4.21. The summed E-state index contributed by atoms with van der Waals surface area (Å²) in [5.74, 6) is -0.116. The van der Waals surface area contributed by atoms with Crippen LogP contribution in [-0.2, 0) is 13.0 Å². The van der Waals surface area contributed by atoms with E-state index in [1.54, 1.807) is 35.1 Å². The van der Waals surface area contributed by atoms with Gasteiger partial charge in [-0.1, -0.05) is 70.2 Å². The first-order valence-electron chi connectivity index (χ1n) is 17.3. The summed E-state index contributed by atoms with van der Waals surface area (Å²) in [5.41, 5.74) is 2.78. The van der Waals surface area contributed by atoms with Crippen LogP contribution in [-0.4, -0.2) is 84.6 Å². The summed E-state index contributed by atoms with van der Waals surface area (Å²) in [6.07, 6.45) is 2.64. The van der Waals surface area contributed by atoms with Gasteiger partial charge in [-0.15, -0.1) is 0 Å². The Kier molecular flexibility index (Phi) is 16.1. The van der Waals surface area contributed by atoms with Crippen molar-refractivity contribution in [2.24, 2.45) is 0 Å². The third kappa shape index (κ3) is 11.5. The highest BCUT2D eigenvalue weighted by molar-refractivity contribution is 6.04. The molecule has 0 saturated carbocycles. The standard InChI is InChI=1S/C39H54N4O5/c1-6-18-42(19-7-2)38(46)32-24-31(25-33(26-32)39(47)43(20-8-3)21-9-4)37(45)41-35(23-29-14-11-10-12-15-29)36(44)28-40-27-30-16-13-17-34(22-30)48-5/h10-17,22,24-26,35-36,40,44H,6-9,18-21,23,27-28H2,1-5H3,(H,41,45)/t35-,36+/m0/s1. The first-order chi connectivity index (χ1) is 23.2. The maximum atomic E-state index is 14.0. The molecule has 0 spiro atoms. The van der Waals surface area contributed by atoms with Gasteiger partial charge in [0.15, 0.2) is 0 Å². The molecule has 3 rings (SSSR count). The number of carbonyl (C=O) groups excluding carboxylic acids is 3. The van der Waals surface area contributed by atoms with Gasteiger partial charge in [-0.05, 0) is 73.6 Å². The number of rotatable bonds is 20. The van der Waals surface area contributed by atoms with E-state index in [2.05, 4.69) is 10.6 Å². The van der Waals surface area contributed by atoms with Crippen LogP contribution >= 0.6 is 0 Å². The van der Waals surface area contributed by atoms with Crippen LogP contribution in [0.25, 0.3) is 0 Å². The molecule has 0 heterocycles. The molecule has 0 radical (unpaired) electrons. The Morgan fingerprint density at radius 3 is 1.75 bits per heavy atom. The van der Waals surface area contributed by atoms with Crippen LogP contribution in [0, 0.1) is 0 Å². The van der Waals surface area contributed by atoms with E-state index in [1.165, 1.54) is 0 Å². The van der Waals surface area contributed by atoms with Crippen LogP contribution in [0.15, 0.2) is 72.8 Å². The molecule has 0 aliphatic heterocycles. The van der Waals surface area contributed by atoms with Gasteiger partial charge in [0.1, 0.15) is 5.75 Å². The van der Waals surface area contributed by atoms with Crippen molar-refractivity contribution in [3.05, 3.63) is 101 Å². The molecule has 3 aromatic carbocycles. The summed E-state index contributed by atoms with van der Waals surface area (Å²) < 4.78 is 5.32. The van der Waals surface area contributed by atoms with E-state index in [0.29, 0.717) is 50.3 Å². The van der Waals surface area contributed by atoms with Gasteiger partial charge in [0.25, 0.3) is 17.7 Å². The van der Waals surface area contributed by atoms with E-state index >= 15 is 0 Å². The Balaban J connectivity index is 1.93. The Bertz CT molecular complexity index is 1390. The fourth-order valence-electron chi connectivity index (χ4n) is 5.77. The zero-order valence-electron chi connectivity index (χ0n) is 29.3. The number of carbonyl (C=O) groups is 3. The molecule has 0 aliphatic carbocycles. The van der Waals surface area contributed by atoms with Crippen molar-refractivity contribution >= 4 is 17.7 Å². The molecule has 3 aromatic rings. The summed E-state index contributed by atoms with van der Waals surface area (Å²) >= 11 is 0. The van der Waals surface area contributed by atoms with Gasteiger partial charge in [-0.2, -0.15) is 0 Å². The number of aliphatic hydroxyl groups excluding tert-OH is 1. The average Bonchev–Trinajstić information content (AvgIpc) is 3.10. The third-order valence-electron chi connectivity index (χ3n) is 8.13. The molecule has 48 heavy (non-hydrogen) atoms. The number of hydrogen-bond acceptors (Lipinski definition) is 6. The Morgan fingerprint density at radius 1 is 0.708 bits per heavy atom. The molecule has 0 aliphatic rings. The maximum absolute atomic E-state index is 14.0. The van der Waals surface area contributed by atoms with E-state index in [0.717, 1.165) is 42.6 Å². The second-order valence-electron chi connectivity index (χ2n) is 12.2. The minimum absolute atomic E-state index is 0.206. The molecule has 260 valence electrons. The van der Waals surface area contributed by atoms with Gasteiger partial charge in [0.05, 0.1) is 19.3 Å². The predicted molar refractivity (Wildman–Crippen MR) is 192 cm³/mol. The van der Waals surface area contributed by atoms with E-state index in [9.17, 15) is 19.5 Å². The summed E-state index contributed by atoms with van der Waals surface area (Å²) in [4.78, 5) is 45.1. The molecule has 9 nitrogen and oxygen atoms in total. The zero-order chi connectivity index (χ0) is 34.9. The van der Waals surface area contributed by atoms with E-state index in [1.807, 2.05) is 82.3 Å². The van der Waals surface area contributed by atoms with Crippen molar-refractivity contribution in [3.8, 4) is 5.75 Å². The maximum Gasteiger partial charge on any atom is 0.253 e. The lowest BCUT2D eigenvalue weighted by atomic mass is 9.99. The largest absolute Gasteiger partial charge is 0.497 e. The fourth-order valence-corrected chi connectivity index (χ4v) is 5.77. The number of nitrogens with zero attached hydrogens (tertiary/aromatic N) is 2. The monoisotopic (exact) mass is 658 g/mol. The minimum atomic E-state index is -0.931. The molecule has 2 atom stereocenters. The number of amides is 3. The smallest absolute Gasteiger partial charge is 0.253 e. The van der Waals surface area contributed by atoms with Crippen molar-refractivity contribution in [3.63, 3.8) is 0 Å². The summed E-state index contributed by atoms with van der Waals surface area (Å²) in [6, 6.07) is 21.5. The Labute approximate surface area is 286 Å². The van der Waals surface area contributed by atoms with Crippen molar-refractivity contribution < 1.29 is 24.2 Å². The van der Waals surface area contributed by atoms with Gasteiger partial charge in [0, 0.05) is 56.0 Å². The lowest BCUT2D eigenvalue weighted by Crippen LogP contribution is -2.48. The predicted octanol–water partition coefficient (Wildman–Crippen LogP) is 5.71. The number of aliphatic hydroxyl groups is 1. The second kappa shape index (κ2) is 20.2. The van der Waals surface area contributed by atoms with E-state index in [-0.39, 0.29) is 23.9 Å². The zero-order valence-corrected chi connectivity index (χ0v) is 29.3. The first-order valence-corrected chi connectivity index (χ1v) is 17.3. The van der Waals surface area contributed by atoms with Crippen molar-refractivity contribution in [2.45, 2.75) is 78.5 Å². The van der Waals surface area contributed by atoms with Crippen LogP contribution in [0.1, 0.15) is 95.6 Å². The molecule has 0 fully saturated rings. The molecule has 0 saturated heterocycles. The number of ether oxygens (including phenoxy) is 1. The SMILES string of the molecule is CCCN(CCC)C(=O)c1cc(C(=O)N[C@@H](Cc2ccccc2)[C@H](O)CNCc2cccc(OC)c2)cc(C(=O)N(CCC)CCC)c1. The summed E-state index contributed by atoms with van der Waals surface area (Å²) in [7, 11) is 1.62. The summed E-state index contributed by atoms with van der Waals surface area (Å²) in [6.45, 7) is 11.1. The van der Waals surface area contributed by atoms with Gasteiger partial charge >= 0.3 is 0 Å². The molecule has 3 N–H and O–H groups in total. The van der Waals surface area contributed by atoms with Gasteiger partial charge in [-0.25, -0.2) is 0 Å². The quantitative estimate of drug-likeness (QED) is 0.143. The lowest BCUT2D eigenvalue weighted by molar-refractivity contribution is 0.0753. The molecule has 0 unspecified atom stereocenters. The highest BCUT2D eigenvalue weighted by Gasteiger charge is 2.26.